The van der Waals surface area contributed by atoms with E-state index in [-0.39, 0.29) is 44.1 Å². The molecule has 1 aliphatic heterocycles. The van der Waals surface area contributed by atoms with Crippen molar-refractivity contribution >= 4 is 17.3 Å². The lowest BCUT2D eigenvalue weighted by molar-refractivity contribution is -0.138. The molecule has 1 unspecified atom stereocenters. The van der Waals surface area contributed by atoms with Crippen LogP contribution >= 0.6 is 0 Å². The van der Waals surface area contributed by atoms with E-state index in [0.717, 1.165) is 18.2 Å². The van der Waals surface area contributed by atoms with Crippen LogP contribution in [0.15, 0.2) is 30.5 Å². The van der Waals surface area contributed by atoms with Gasteiger partial charge in [-0.15, -0.1) is 0 Å². The van der Waals surface area contributed by atoms with Crippen LogP contribution in [0, 0.1) is 22.7 Å². The topological polar surface area (TPSA) is 116 Å². The number of alkyl halides is 6. The molecular weight excluding hydrogens is 506 g/mol. The van der Waals surface area contributed by atoms with Gasteiger partial charge >= 0.3 is 12.4 Å². The van der Waals surface area contributed by atoms with Crippen LogP contribution in [0.1, 0.15) is 29.3 Å². The standard InChI is InChI=1S/C23H20F6N6O2/c1-21(37,20(36)33-15-3-2-14(10-30)17(8-15)22(24,25)26)13-34-4-6-35(7-5-34)16-9-18(23(27,28)29)19(11-31)32-12-16/h2-3,8-9,12,37H,4-7,13H2,1H3,(H,33,36). The summed E-state index contributed by atoms with van der Waals surface area (Å²) >= 11 is 0. The second-order valence-corrected chi connectivity index (χ2v) is 8.56. The van der Waals surface area contributed by atoms with Gasteiger partial charge in [0.2, 0.25) is 0 Å². The zero-order valence-corrected chi connectivity index (χ0v) is 19.3. The first-order chi connectivity index (χ1) is 17.2. The first kappa shape index (κ1) is 27.7. The van der Waals surface area contributed by atoms with E-state index in [9.17, 15) is 36.2 Å². The number of β-amino-alcohol motifs (C(OH)–C–C–N with tert-alkyl or cyclic N) is 1. The summed E-state index contributed by atoms with van der Waals surface area (Å²) in [6.45, 7) is 1.94. The van der Waals surface area contributed by atoms with E-state index >= 15 is 0 Å². The molecule has 1 atom stereocenters. The second kappa shape index (κ2) is 10.2. The first-order valence-electron chi connectivity index (χ1n) is 10.8. The summed E-state index contributed by atoms with van der Waals surface area (Å²) in [5.74, 6) is -0.973. The van der Waals surface area contributed by atoms with E-state index in [4.69, 9.17) is 10.5 Å². The van der Waals surface area contributed by atoms with Crippen molar-refractivity contribution in [1.29, 1.82) is 10.5 Å². The molecule has 0 saturated carbocycles. The normalized spacial score (nSPS) is 16.4. The third-order valence-electron chi connectivity index (χ3n) is 5.75. The average Bonchev–Trinajstić information content (AvgIpc) is 2.82. The summed E-state index contributed by atoms with van der Waals surface area (Å²) in [5.41, 5.74) is -5.84. The number of aliphatic hydroxyl groups is 1. The predicted octanol–water partition coefficient (Wildman–Crippen LogP) is 3.37. The summed E-state index contributed by atoms with van der Waals surface area (Å²) in [5, 5.41) is 30.7. The van der Waals surface area contributed by atoms with Gasteiger partial charge in [0.25, 0.3) is 5.91 Å². The fourth-order valence-electron chi connectivity index (χ4n) is 3.82. The predicted molar refractivity (Wildman–Crippen MR) is 118 cm³/mol. The van der Waals surface area contributed by atoms with Crippen LogP contribution in [0.3, 0.4) is 0 Å². The van der Waals surface area contributed by atoms with Crippen molar-refractivity contribution in [3.63, 3.8) is 0 Å². The van der Waals surface area contributed by atoms with E-state index in [2.05, 4.69) is 10.3 Å². The number of rotatable bonds is 5. The molecule has 1 fully saturated rings. The largest absolute Gasteiger partial charge is 0.419 e. The number of carbonyl (C=O) groups excluding carboxylic acids is 1. The zero-order chi connectivity index (χ0) is 27.6. The number of carbonyl (C=O) groups is 1. The number of hydrogen-bond donors (Lipinski definition) is 2. The average molecular weight is 526 g/mol. The van der Waals surface area contributed by atoms with Crippen LogP contribution < -0.4 is 10.2 Å². The number of amides is 1. The molecule has 196 valence electrons. The molecule has 0 spiro atoms. The molecule has 1 aliphatic rings. The van der Waals surface area contributed by atoms with Gasteiger partial charge in [0.1, 0.15) is 6.07 Å². The number of pyridine rings is 1. The molecule has 37 heavy (non-hydrogen) atoms. The van der Waals surface area contributed by atoms with Crippen molar-refractivity contribution in [2.45, 2.75) is 24.9 Å². The number of piperazine rings is 1. The number of nitrogens with one attached hydrogen (secondary N) is 1. The monoisotopic (exact) mass is 526 g/mol. The molecule has 1 aromatic carbocycles. The highest BCUT2D eigenvalue weighted by molar-refractivity contribution is 5.97. The van der Waals surface area contributed by atoms with Crippen LogP contribution in [0.4, 0.5) is 37.7 Å². The minimum Gasteiger partial charge on any atom is -0.379 e. The van der Waals surface area contributed by atoms with Gasteiger partial charge in [0.05, 0.1) is 34.6 Å². The minimum atomic E-state index is -4.82. The molecule has 0 aliphatic carbocycles. The number of nitrogens with zero attached hydrogens (tertiary/aromatic N) is 5. The van der Waals surface area contributed by atoms with E-state index < -0.39 is 46.2 Å². The second-order valence-electron chi connectivity index (χ2n) is 8.56. The highest BCUT2D eigenvalue weighted by atomic mass is 19.4. The van der Waals surface area contributed by atoms with E-state index in [0.29, 0.717) is 6.07 Å². The fraction of sp³-hybridized carbons (Fsp3) is 0.391. The Labute approximate surface area is 207 Å². The van der Waals surface area contributed by atoms with Crippen molar-refractivity contribution in [3.8, 4) is 12.1 Å². The third-order valence-corrected chi connectivity index (χ3v) is 5.75. The number of aromatic nitrogens is 1. The van der Waals surface area contributed by atoms with Gasteiger partial charge in [-0.05, 0) is 31.2 Å². The smallest absolute Gasteiger partial charge is 0.379 e. The summed E-state index contributed by atoms with van der Waals surface area (Å²) in [6.07, 6.45) is -8.41. The molecule has 0 radical (unpaired) electrons. The van der Waals surface area contributed by atoms with Crippen molar-refractivity contribution in [3.05, 3.63) is 52.8 Å². The van der Waals surface area contributed by atoms with Crippen molar-refractivity contribution in [2.24, 2.45) is 0 Å². The highest BCUT2D eigenvalue weighted by Gasteiger charge is 2.37. The molecule has 1 aromatic heterocycles. The molecule has 3 rings (SSSR count). The van der Waals surface area contributed by atoms with Crippen LogP contribution in [0.2, 0.25) is 0 Å². The summed E-state index contributed by atoms with van der Waals surface area (Å²) in [6, 6.07) is 6.32. The van der Waals surface area contributed by atoms with Crippen LogP contribution in [-0.2, 0) is 17.1 Å². The maximum atomic E-state index is 13.2. The summed E-state index contributed by atoms with van der Waals surface area (Å²) < 4.78 is 79.2. The van der Waals surface area contributed by atoms with E-state index in [1.54, 1.807) is 9.80 Å². The number of benzene rings is 1. The van der Waals surface area contributed by atoms with E-state index in [1.165, 1.54) is 25.3 Å². The molecule has 14 heteroatoms. The number of halogens is 6. The molecule has 0 bridgehead atoms. The quantitative estimate of drug-likeness (QED) is 0.574. The Hall–Kier alpha value is -3.88. The van der Waals surface area contributed by atoms with Gasteiger partial charge < -0.3 is 15.3 Å². The Balaban J connectivity index is 1.64. The van der Waals surface area contributed by atoms with Gasteiger partial charge in [0.15, 0.2) is 11.3 Å². The Morgan fingerprint density at radius 3 is 2.19 bits per heavy atom. The molecule has 1 saturated heterocycles. The van der Waals surface area contributed by atoms with Gasteiger partial charge in [-0.2, -0.15) is 36.9 Å². The fourth-order valence-corrected chi connectivity index (χ4v) is 3.82. The number of hydrogen-bond acceptors (Lipinski definition) is 7. The van der Waals surface area contributed by atoms with Crippen molar-refractivity contribution in [1.82, 2.24) is 9.88 Å². The summed E-state index contributed by atoms with van der Waals surface area (Å²) in [4.78, 5) is 19.5. The maximum absolute atomic E-state index is 13.2. The highest BCUT2D eigenvalue weighted by Crippen LogP contribution is 2.35. The molecule has 2 heterocycles. The lowest BCUT2D eigenvalue weighted by Crippen LogP contribution is -2.55. The Bertz CT molecular complexity index is 1250. The molecular formula is C23H20F6N6O2. The Morgan fingerprint density at radius 2 is 1.65 bits per heavy atom. The van der Waals surface area contributed by atoms with Gasteiger partial charge in [-0.1, -0.05) is 0 Å². The van der Waals surface area contributed by atoms with Crippen LogP contribution in [0.25, 0.3) is 0 Å². The third kappa shape index (κ3) is 6.47. The first-order valence-corrected chi connectivity index (χ1v) is 10.8. The lowest BCUT2D eigenvalue weighted by atomic mass is 10.0. The van der Waals surface area contributed by atoms with Gasteiger partial charge in [-0.25, -0.2) is 4.98 Å². The maximum Gasteiger partial charge on any atom is 0.419 e. The van der Waals surface area contributed by atoms with Crippen LogP contribution in [0.5, 0.6) is 0 Å². The van der Waals surface area contributed by atoms with Gasteiger partial charge in [-0.3, -0.25) is 9.69 Å². The van der Waals surface area contributed by atoms with Crippen molar-refractivity contribution in [2.75, 3.05) is 42.9 Å². The number of nitriles is 2. The lowest BCUT2D eigenvalue weighted by Gasteiger charge is -2.38. The number of anilines is 2. The van der Waals surface area contributed by atoms with Crippen LogP contribution in [-0.4, -0.2) is 59.2 Å². The Morgan fingerprint density at radius 1 is 1.03 bits per heavy atom. The molecule has 2 aromatic rings. The molecule has 8 nitrogen and oxygen atoms in total. The SMILES string of the molecule is CC(O)(CN1CCN(c2cnc(C#N)c(C(F)(F)F)c2)CC1)C(=O)Nc1ccc(C#N)c(C(F)(F)F)c1. The molecule has 1 amide bonds. The Kier molecular flexibility index (Phi) is 7.67. The summed E-state index contributed by atoms with van der Waals surface area (Å²) in [7, 11) is 0. The van der Waals surface area contributed by atoms with Gasteiger partial charge in [0, 0.05) is 38.4 Å². The zero-order valence-electron chi connectivity index (χ0n) is 19.3. The van der Waals surface area contributed by atoms with E-state index in [1.807, 2.05) is 0 Å². The molecule has 2 N–H and O–H groups in total. The minimum absolute atomic E-state index is 0.164. The van der Waals surface area contributed by atoms with Crippen molar-refractivity contribution < 1.29 is 36.2 Å².